The first-order chi connectivity index (χ1) is 11.7. The fourth-order valence-electron chi connectivity index (χ4n) is 2.62. The second-order valence-corrected chi connectivity index (χ2v) is 5.79. The quantitative estimate of drug-likeness (QED) is 0.730. The summed E-state index contributed by atoms with van der Waals surface area (Å²) in [6.07, 6.45) is 0. The van der Waals surface area contributed by atoms with Crippen molar-refractivity contribution in [3.05, 3.63) is 89.2 Å². The van der Waals surface area contributed by atoms with Gasteiger partial charge in [0.2, 0.25) is 0 Å². The predicted molar refractivity (Wildman–Crippen MR) is 95.2 cm³/mol. The van der Waals surface area contributed by atoms with Gasteiger partial charge in [-0.05, 0) is 36.2 Å². The van der Waals surface area contributed by atoms with Crippen LogP contribution in [0, 0.1) is 12.7 Å². The summed E-state index contributed by atoms with van der Waals surface area (Å²) in [5.74, 6) is 0.386. The monoisotopic (exact) mass is 321 g/mol. The average molecular weight is 321 g/mol. The van der Waals surface area contributed by atoms with Crippen LogP contribution in [-0.4, -0.2) is 0 Å². The molecule has 0 amide bonds. The lowest BCUT2D eigenvalue weighted by Crippen LogP contribution is -2.01. The van der Waals surface area contributed by atoms with Crippen molar-refractivity contribution in [3.8, 4) is 16.9 Å². The van der Waals surface area contributed by atoms with E-state index in [4.69, 9.17) is 10.5 Å². The molecule has 24 heavy (non-hydrogen) atoms. The number of hydrogen-bond acceptors (Lipinski definition) is 2. The van der Waals surface area contributed by atoms with Crippen molar-refractivity contribution in [2.75, 3.05) is 0 Å². The zero-order valence-corrected chi connectivity index (χ0v) is 13.6. The lowest BCUT2D eigenvalue weighted by atomic mass is 10.00. The van der Waals surface area contributed by atoms with Gasteiger partial charge in [-0.25, -0.2) is 4.39 Å². The predicted octanol–water partition coefficient (Wildman–Crippen LogP) is 4.84. The number of aryl methyl sites for hydroxylation is 1. The van der Waals surface area contributed by atoms with Crippen LogP contribution in [0.25, 0.3) is 11.1 Å². The molecule has 0 spiro atoms. The van der Waals surface area contributed by atoms with Crippen molar-refractivity contribution in [1.29, 1.82) is 0 Å². The third-order valence-corrected chi connectivity index (χ3v) is 3.93. The topological polar surface area (TPSA) is 35.2 Å². The summed E-state index contributed by atoms with van der Waals surface area (Å²) in [6, 6.07) is 20.7. The third kappa shape index (κ3) is 3.63. The van der Waals surface area contributed by atoms with E-state index in [0.717, 1.165) is 22.3 Å². The van der Waals surface area contributed by atoms with Gasteiger partial charge in [0.05, 0.1) is 0 Å². The fraction of sp³-hybridized carbons (Fsp3) is 0.143. The Kier molecular flexibility index (Phi) is 4.92. The molecule has 0 aliphatic carbocycles. The number of halogens is 1. The van der Waals surface area contributed by atoms with Crippen LogP contribution in [0.2, 0.25) is 0 Å². The van der Waals surface area contributed by atoms with E-state index in [1.807, 2.05) is 61.5 Å². The summed E-state index contributed by atoms with van der Waals surface area (Å²) in [7, 11) is 0. The Morgan fingerprint density at radius 1 is 0.875 bits per heavy atom. The van der Waals surface area contributed by atoms with Gasteiger partial charge in [0, 0.05) is 17.7 Å². The normalized spacial score (nSPS) is 10.6. The van der Waals surface area contributed by atoms with Gasteiger partial charge in [-0.15, -0.1) is 0 Å². The highest BCUT2D eigenvalue weighted by molar-refractivity contribution is 5.72. The highest BCUT2D eigenvalue weighted by atomic mass is 19.1. The first-order valence-electron chi connectivity index (χ1n) is 7.93. The molecule has 0 saturated carbocycles. The molecule has 122 valence electrons. The molecule has 0 radical (unpaired) electrons. The number of ether oxygens (including phenoxy) is 1. The molecule has 0 fully saturated rings. The van der Waals surface area contributed by atoms with Gasteiger partial charge in [0.1, 0.15) is 18.2 Å². The van der Waals surface area contributed by atoms with Crippen LogP contribution in [0.3, 0.4) is 0 Å². The van der Waals surface area contributed by atoms with Crippen molar-refractivity contribution in [2.24, 2.45) is 5.73 Å². The van der Waals surface area contributed by atoms with Gasteiger partial charge in [-0.3, -0.25) is 0 Å². The molecule has 0 heterocycles. The number of benzene rings is 3. The van der Waals surface area contributed by atoms with Gasteiger partial charge in [0.15, 0.2) is 0 Å². The minimum absolute atomic E-state index is 0.259. The van der Waals surface area contributed by atoms with Crippen LogP contribution in [-0.2, 0) is 13.2 Å². The maximum absolute atomic E-state index is 14.3. The Morgan fingerprint density at radius 2 is 1.67 bits per heavy atom. The largest absolute Gasteiger partial charge is 0.488 e. The Balaban J connectivity index is 1.98. The first-order valence-corrected chi connectivity index (χ1v) is 7.93. The van der Waals surface area contributed by atoms with E-state index in [9.17, 15) is 4.39 Å². The van der Waals surface area contributed by atoms with Crippen LogP contribution in [0.1, 0.15) is 16.7 Å². The first kappa shape index (κ1) is 16.2. The molecule has 3 heteroatoms. The second-order valence-electron chi connectivity index (χ2n) is 5.79. The maximum Gasteiger partial charge on any atom is 0.131 e. The Morgan fingerprint density at radius 3 is 2.42 bits per heavy atom. The van der Waals surface area contributed by atoms with Crippen LogP contribution in [0.5, 0.6) is 5.75 Å². The molecule has 0 bridgehead atoms. The molecule has 0 unspecified atom stereocenters. The van der Waals surface area contributed by atoms with Gasteiger partial charge in [0.25, 0.3) is 0 Å². The smallest absolute Gasteiger partial charge is 0.131 e. The Labute approximate surface area is 141 Å². The third-order valence-electron chi connectivity index (χ3n) is 3.93. The average Bonchev–Trinajstić information content (AvgIpc) is 2.62. The molecule has 2 N–H and O–H groups in total. The van der Waals surface area contributed by atoms with Crippen molar-refractivity contribution in [1.82, 2.24) is 0 Å². The van der Waals surface area contributed by atoms with E-state index >= 15 is 0 Å². The SMILES string of the molecule is Cc1ccc(F)c(-c2ccc(CN)cc2OCc2ccccc2)c1. The lowest BCUT2D eigenvalue weighted by Gasteiger charge is -2.14. The van der Waals surface area contributed by atoms with E-state index in [-0.39, 0.29) is 5.82 Å². The molecule has 2 nitrogen and oxygen atoms in total. The zero-order valence-electron chi connectivity index (χ0n) is 13.6. The van der Waals surface area contributed by atoms with Gasteiger partial charge in [-0.1, -0.05) is 54.1 Å². The molecule has 3 aromatic carbocycles. The van der Waals surface area contributed by atoms with Crippen LogP contribution >= 0.6 is 0 Å². The molecule has 0 atom stereocenters. The summed E-state index contributed by atoms with van der Waals surface area (Å²) >= 11 is 0. The van der Waals surface area contributed by atoms with Crippen molar-refractivity contribution in [2.45, 2.75) is 20.1 Å². The standard InChI is InChI=1S/C21H20FNO/c1-15-7-10-20(22)19(11-15)18-9-8-17(13-23)12-21(18)24-14-16-5-3-2-4-6-16/h2-12H,13-14,23H2,1H3. The highest BCUT2D eigenvalue weighted by Crippen LogP contribution is 2.34. The molecular formula is C21H20FNO. The summed E-state index contributed by atoms with van der Waals surface area (Å²) in [6.45, 7) is 2.79. The molecule has 0 saturated heterocycles. The maximum atomic E-state index is 14.3. The second kappa shape index (κ2) is 7.28. The van der Waals surface area contributed by atoms with Crippen molar-refractivity contribution in [3.63, 3.8) is 0 Å². The van der Waals surface area contributed by atoms with Gasteiger partial charge in [-0.2, -0.15) is 0 Å². The summed E-state index contributed by atoms with van der Waals surface area (Å²) < 4.78 is 20.3. The molecule has 0 aliphatic rings. The number of nitrogens with two attached hydrogens (primary N) is 1. The molecule has 0 aromatic heterocycles. The summed E-state index contributed by atoms with van der Waals surface area (Å²) in [4.78, 5) is 0. The van der Waals surface area contributed by atoms with E-state index in [2.05, 4.69) is 0 Å². The van der Waals surface area contributed by atoms with Crippen LogP contribution in [0.15, 0.2) is 66.7 Å². The number of rotatable bonds is 5. The van der Waals surface area contributed by atoms with E-state index in [0.29, 0.717) is 24.5 Å². The molecule has 3 aromatic rings. The minimum atomic E-state index is -0.259. The summed E-state index contributed by atoms with van der Waals surface area (Å²) in [5.41, 5.74) is 10.0. The highest BCUT2D eigenvalue weighted by Gasteiger charge is 2.12. The fourth-order valence-corrected chi connectivity index (χ4v) is 2.62. The van der Waals surface area contributed by atoms with Gasteiger partial charge >= 0.3 is 0 Å². The van der Waals surface area contributed by atoms with E-state index in [1.165, 1.54) is 6.07 Å². The lowest BCUT2D eigenvalue weighted by molar-refractivity contribution is 0.307. The number of hydrogen-bond donors (Lipinski definition) is 1. The Bertz CT molecular complexity index is 830. The van der Waals surface area contributed by atoms with Gasteiger partial charge < -0.3 is 10.5 Å². The van der Waals surface area contributed by atoms with Crippen LogP contribution in [0.4, 0.5) is 4.39 Å². The van der Waals surface area contributed by atoms with Crippen LogP contribution < -0.4 is 10.5 Å². The molecule has 3 rings (SSSR count). The zero-order chi connectivity index (χ0) is 16.9. The minimum Gasteiger partial charge on any atom is -0.488 e. The molecular weight excluding hydrogens is 301 g/mol. The Hall–Kier alpha value is -2.65. The van der Waals surface area contributed by atoms with Crippen molar-refractivity contribution >= 4 is 0 Å². The van der Waals surface area contributed by atoms with E-state index < -0.39 is 0 Å². The van der Waals surface area contributed by atoms with E-state index in [1.54, 1.807) is 6.07 Å². The van der Waals surface area contributed by atoms with Crippen molar-refractivity contribution < 1.29 is 9.13 Å². The summed E-state index contributed by atoms with van der Waals surface area (Å²) in [5, 5.41) is 0. The molecule has 0 aliphatic heterocycles.